The van der Waals surface area contributed by atoms with Crippen LogP contribution in [0.3, 0.4) is 0 Å². The Morgan fingerprint density at radius 2 is 1.75 bits per heavy atom. The molecule has 2 aromatic heterocycles. The van der Waals surface area contributed by atoms with Gasteiger partial charge in [-0.25, -0.2) is 23.4 Å². The van der Waals surface area contributed by atoms with Crippen molar-refractivity contribution in [3.05, 3.63) is 81.5 Å². The summed E-state index contributed by atoms with van der Waals surface area (Å²) in [5.41, 5.74) is 2.04. The highest BCUT2D eigenvalue weighted by molar-refractivity contribution is 7.14. The van der Waals surface area contributed by atoms with Crippen molar-refractivity contribution >= 4 is 46.4 Å². The van der Waals surface area contributed by atoms with Crippen LogP contribution in [0.25, 0.3) is 11.0 Å². The van der Waals surface area contributed by atoms with Crippen LogP contribution in [0.5, 0.6) is 0 Å². The first-order chi connectivity index (χ1) is 24.0. The van der Waals surface area contributed by atoms with Crippen LogP contribution in [0, 0.1) is 5.41 Å². The predicted molar refractivity (Wildman–Crippen MR) is 194 cm³/mol. The van der Waals surface area contributed by atoms with Gasteiger partial charge >= 0.3 is 12.2 Å². The summed E-state index contributed by atoms with van der Waals surface area (Å²) in [5.74, 6) is -0.345. The number of carbonyl (C=O) groups is 3. The quantitative estimate of drug-likeness (QED) is 0.175. The molecule has 0 bridgehead atoms. The number of halogens is 2. The highest BCUT2D eigenvalue weighted by Gasteiger charge is 2.34. The molecule has 1 aliphatic heterocycles. The van der Waals surface area contributed by atoms with E-state index in [2.05, 4.69) is 26.1 Å². The fourth-order valence-electron chi connectivity index (χ4n) is 5.93. The van der Waals surface area contributed by atoms with Gasteiger partial charge in [-0.1, -0.05) is 57.2 Å². The van der Waals surface area contributed by atoms with Gasteiger partial charge < -0.3 is 23.8 Å². The van der Waals surface area contributed by atoms with E-state index >= 15 is 0 Å². The molecular formula is C38H47F2N5O5S. The second kappa shape index (κ2) is 15.4. The summed E-state index contributed by atoms with van der Waals surface area (Å²) >= 11 is 0.725. The fourth-order valence-corrected chi connectivity index (χ4v) is 6.69. The lowest BCUT2D eigenvalue weighted by Crippen LogP contribution is -2.45. The number of ether oxygens (including phenoxy) is 2. The molecule has 3 amide bonds. The fraction of sp³-hybridized carbons (Fsp3) is 0.474. The highest BCUT2D eigenvalue weighted by atomic mass is 32.1. The molecule has 1 fully saturated rings. The Morgan fingerprint density at radius 3 is 2.39 bits per heavy atom. The Labute approximate surface area is 301 Å². The molecule has 4 aromatic rings. The Hall–Kier alpha value is -4.52. The first-order valence-electron chi connectivity index (χ1n) is 17.2. The van der Waals surface area contributed by atoms with Gasteiger partial charge in [0.05, 0.1) is 26.8 Å². The summed E-state index contributed by atoms with van der Waals surface area (Å²) in [4.78, 5) is 48.1. The van der Waals surface area contributed by atoms with Gasteiger partial charge in [0, 0.05) is 25.7 Å². The number of amides is 3. The molecule has 2 atom stereocenters. The van der Waals surface area contributed by atoms with Crippen molar-refractivity contribution < 1.29 is 32.6 Å². The predicted octanol–water partition coefficient (Wildman–Crippen LogP) is 9.26. The summed E-state index contributed by atoms with van der Waals surface area (Å²) in [6.45, 7) is 14.9. The molecular weight excluding hydrogens is 677 g/mol. The number of nitrogens with zero attached hydrogens (tertiary/aromatic N) is 4. The lowest BCUT2D eigenvalue weighted by molar-refractivity contribution is 0.0214. The lowest BCUT2D eigenvalue weighted by atomic mass is 9.87. The SMILES string of the molecule is C[C@H](N(Cc1ccc2c(c1)nc(NC(=O)c1ccc(C(F)F)s1)n2CC1CCCN1C(=O)OC(C)(C)C)C(=O)OCc1ccccc1)C(C)(C)C. The number of anilines is 1. The van der Waals surface area contributed by atoms with Gasteiger partial charge in [-0.05, 0) is 81.3 Å². The minimum atomic E-state index is -2.68. The third-order valence-electron chi connectivity index (χ3n) is 9.02. The number of likely N-dealkylation sites (tertiary alicyclic amines) is 1. The van der Waals surface area contributed by atoms with E-state index in [1.54, 1.807) is 9.80 Å². The molecule has 1 N–H and O–H groups in total. The summed E-state index contributed by atoms with van der Waals surface area (Å²) in [7, 11) is 0. The van der Waals surface area contributed by atoms with Crippen molar-refractivity contribution in [3.63, 3.8) is 0 Å². The largest absolute Gasteiger partial charge is 0.445 e. The average molecular weight is 724 g/mol. The van der Waals surface area contributed by atoms with Crippen molar-refractivity contribution in [2.45, 2.75) is 105 Å². The zero-order valence-electron chi connectivity index (χ0n) is 30.2. The van der Waals surface area contributed by atoms with Gasteiger partial charge in [0.1, 0.15) is 12.2 Å². The van der Waals surface area contributed by atoms with Crippen LogP contribution in [0.1, 0.15) is 93.4 Å². The van der Waals surface area contributed by atoms with Gasteiger partial charge in [-0.15, -0.1) is 11.3 Å². The van der Waals surface area contributed by atoms with E-state index in [4.69, 9.17) is 14.5 Å². The summed E-state index contributed by atoms with van der Waals surface area (Å²) < 4.78 is 39.9. The van der Waals surface area contributed by atoms with Gasteiger partial charge in [0.2, 0.25) is 5.95 Å². The van der Waals surface area contributed by atoms with Crippen molar-refractivity contribution in [2.75, 3.05) is 11.9 Å². The normalized spacial score (nSPS) is 15.6. The van der Waals surface area contributed by atoms with Crippen molar-refractivity contribution in [1.29, 1.82) is 0 Å². The van der Waals surface area contributed by atoms with E-state index in [0.717, 1.165) is 35.3 Å². The molecule has 3 heterocycles. The second-order valence-corrected chi connectivity index (χ2v) is 16.1. The van der Waals surface area contributed by atoms with Gasteiger partial charge in [-0.2, -0.15) is 0 Å². The number of imidazole rings is 1. The molecule has 0 saturated carbocycles. The van der Waals surface area contributed by atoms with Gasteiger partial charge in [0.15, 0.2) is 0 Å². The third kappa shape index (κ3) is 9.43. The third-order valence-corrected chi connectivity index (χ3v) is 10.1. The number of fused-ring (bicyclic) bond motifs is 1. The molecule has 13 heteroatoms. The van der Waals surface area contributed by atoms with E-state index < -0.39 is 30.1 Å². The molecule has 5 rings (SSSR count). The smallest absolute Gasteiger partial charge is 0.410 e. The summed E-state index contributed by atoms with van der Waals surface area (Å²) in [6, 6.07) is 17.4. The van der Waals surface area contributed by atoms with Gasteiger partial charge in [0.25, 0.3) is 12.3 Å². The molecule has 1 unspecified atom stereocenters. The maximum atomic E-state index is 13.5. The molecule has 274 valence electrons. The molecule has 2 aromatic carbocycles. The number of hydrogen-bond donors (Lipinski definition) is 1. The Kier molecular flexibility index (Phi) is 11.4. The molecule has 0 aliphatic carbocycles. The number of alkyl halides is 2. The molecule has 0 spiro atoms. The van der Waals surface area contributed by atoms with E-state index in [0.29, 0.717) is 24.1 Å². The van der Waals surface area contributed by atoms with E-state index in [1.165, 1.54) is 12.1 Å². The Bertz CT molecular complexity index is 1850. The molecule has 1 aliphatic rings. The second-order valence-electron chi connectivity index (χ2n) is 15.0. The van der Waals surface area contributed by atoms with Crippen molar-refractivity contribution in [2.24, 2.45) is 5.41 Å². The molecule has 10 nitrogen and oxygen atoms in total. The van der Waals surface area contributed by atoms with E-state index in [-0.39, 0.29) is 46.4 Å². The van der Waals surface area contributed by atoms with E-state index in [1.807, 2.05) is 80.8 Å². The Morgan fingerprint density at radius 1 is 1.02 bits per heavy atom. The highest BCUT2D eigenvalue weighted by Crippen LogP contribution is 2.31. The summed E-state index contributed by atoms with van der Waals surface area (Å²) in [6.07, 6.45) is -2.03. The lowest BCUT2D eigenvalue weighted by Gasteiger charge is -2.37. The molecule has 1 saturated heterocycles. The molecule has 0 radical (unpaired) electrons. The average Bonchev–Trinajstić information content (AvgIpc) is 3.81. The maximum absolute atomic E-state index is 13.5. The zero-order valence-corrected chi connectivity index (χ0v) is 31.1. The number of nitrogens with one attached hydrogen (secondary N) is 1. The van der Waals surface area contributed by atoms with Crippen LogP contribution in [0.2, 0.25) is 0 Å². The van der Waals surface area contributed by atoms with Crippen molar-refractivity contribution in [3.8, 4) is 0 Å². The number of carbonyl (C=O) groups excluding carboxylic acids is 3. The van der Waals surface area contributed by atoms with Crippen LogP contribution in [0.4, 0.5) is 24.3 Å². The minimum absolute atomic E-state index is 0.127. The van der Waals surface area contributed by atoms with Crippen LogP contribution in [0.15, 0.2) is 60.7 Å². The van der Waals surface area contributed by atoms with Crippen LogP contribution in [-0.4, -0.2) is 61.7 Å². The number of benzene rings is 2. The number of aromatic nitrogens is 2. The zero-order chi connectivity index (χ0) is 37.1. The number of rotatable bonds is 10. The maximum Gasteiger partial charge on any atom is 0.410 e. The van der Waals surface area contributed by atoms with Crippen LogP contribution >= 0.6 is 11.3 Å². The topological polar surface area (TPSA) is 106 Å². The standard InChI is InChI=1S/C38H47F2N5O5S/c1-24(37(2,3)4)44(35(47)49-23-25-12-9-8-10-13-25)21-26-15-16-29-28(20-26)41-34(42-33(46)31-18-17-30(51-31)32(39)40)45(29)22-27-14-11-19-43(27)36(48)50-38(5,6)7/h8-10,12-13,15-18,20,24,27,32H,11,14,19,21-23H2,1-7H3,(H,41,42,46)/t24-,27?/m0/s1. The van der Waals surface area contributed by atoms with Crippen LogP contribution < -0.4 is 5.32 Å². The first kappa shape index (κ1) is 37.7. The van der Waals surface area contributed by atoms with Crippen LogP contribution in [-0.2, 0) is 29.2 Å². The Balaban J connectivity index is 1.46. The monoisotopic (exact) mass is 723 g/mol. The van der Waals surface area contributed by atoms with E-state index in [9.17, 15) is 23.2 Å². The van der Waals surface area contributed by atoms with Crippen molar-refractivity contribution in [1.82, 2.24) is 19.4 Å². The first-order valence-corrected chi connectivity index (χ1v) is 18.0. The van der Waals surface area contributed by atoms with Gasteiger partial charge in [-0.3, -0.25) is 10.1 Å². The minimum Gasteiger partial charge on any atom is -0.445 e. The summed E-state index contributed by atoms with van der Waals surface area (Å²) in [5, 5.41) is 2.83. The number of hydrogen-bond acceptors (Lipinski definition) is 7. The number of thiophene rings is 1. The molecule has 51 heavy (non-hydrogen) atoms.